The van der Waals surface area contributed by atoms with Gasteiger partial charge in [0.2, 0.25) is 0 Å². The van der Waals surface area contributed by atoms with Crippen LogP contribution in [0.4, 0.5) is 0 Å². The van der Waals surface area contributed by atoms with E-state index in [4.69, 9.17) is 9.15 Å². The number of furan rings is 1. The van der Waals surface area contributed by atoms with E-state index in [0.29, 0.717) is 45.6 Å². The third kappa shape index (κ3) is 5.57. The van der Waals surface area contributed by atoms with E-state index in [1.807, 2.05) is 6.92 Å². The SMILES string of the molecule is CC1=C[C@H](c2c(O)cc(-c3cc4ccc(O)cc4o3)cc2O)[C@H](C(=O)c2ccc3c(c2O)C[C@@H](C(C)(C)O)O3)[C@@H](c2ccc(O)cc2O)C1. The monoisotopic (exact) mass is 664 g/mol. The van der Waals surface area contributed by atoms with Crippen LogP contribution in [-0.2, 0) is 6.42 Å². The van der Waals surface area contributed by atoms with Gasteiger partial charge in [0.15, 0.2) is 5.78 Å². The highest BCUT2D eigenvalue weighted by Crippen LogP contribution is 2.54. The number of carbonyl (C=O) groups is 1. The molecule has 0 saturated carbocycles. The van der Waals surface area contributed by atoms with Crippen LogP contribution in [0.2, 0.25) is 0 Å². The lowest BCUT2D eigenvalue weighted by molar-refractivity contribution is -0.0229. The smallest absolute Gasteiger partial charge is 0.171 e. The van der Waals surface area contributed by atoms with Gasteiger partial charge in [0.05, 0.1) is 11.2 Å². The number of rotatable bonds is 6. The first-order valence-corrected chi connectivity index (χ1v) is 16.0. The van der Waals surface area contributed by atoms with Gasteiger partial charge in [-0.15, -0.1) is 0 Å². The van der Waals surface area contributed by atoms with E-state index in [0.717, 1.165) is 5.57 Å². The van der Waals surface area contributed by atoms with Crippen molar-refractivity contribution in [2.45, 2.75) is 57.2 Å². The number of phenolic OH excluding ortho intramolecular Hbond substituents is 6. The maximum atomic E-state index is 14.8. The molecular formula is C39H36O10. The van der Waals surface area contributed by atoms with Crippen LogP contribution < -0.4 is 4.74 Å². The Labute approximate surface area is 281 Å². The number of Topliss-reactive ketones (excluding diaryl/α,β-unsaturated/α-hetero) is 1. The number of aliphatic hydroxyl groups is 1. The van der Waals surface area contributed by atoms with E-state index < -0.39 is 35.2 Å². The molecule has 252 valence electrons. The highest BCUT2D eigenvalue weighted by atomic mass is 16.5. The van der Waals surface area contributed by atoms with Crippen LogP contribution in [-0.4, -0.2) is 53.2 Å². The quantitative estimate of drug-likeness (QED) is 0.0729. The molecule has 4 aromatic carbocycles. The van der Waals surface area contributed by atoms with Crippen molar-refractivity contribution in [3.63, 3.8) is 0 Å². The largest absolute Gasteiger partial charge is 0.508 e. The predicted octanol–water partition coefficient (Wildman–Crippen LogP) is 7.12. The van der Waals surface area contributed by atoms with Gasteiger partial charge in [-0.1, -0.05) is 17.7 Å². The molecule has 0 spiro atoms. The maximum Gasteiger partial charge on any atom is 0.171 e. The molecule has 7 N–H and O–H groups in total. The van der Waals surface area contributed by atoms with Crippen molar-refractivity contribution >= 4 is 16.8 Å². The normalized spacial score (nSPS) is 20.5. The fraction of sp³-hybridized carbons (Fsp3) is 0.256. The van der Waals surface area contributed by atoms with Crippen LogP contribution in [0.25, 0.3) is 22.3 Å². The molecule has 0 saturated heterocycles. The van der Waals surface area contributed by atoms with Gasteiger partial charge >= 0.3 is 0 Å². The third-order valence-electron chi connectivity index (χ3n) is 9.75. The molecule has 1 aromatic heterocycles. The number of phenols is 6. The van der Waals surface area contributed by atoms with Crippen molar-refractivity contribution in [2.75, 3.05) is 0 Å². The van der Waals surface area contributed by atoms with E-state index in [1.54, 1.807) is 38.1 Å². The lowest BCUT2D eigenvalue weighted by Gasteiger charge is -2.37. The maximum absolute atomic E-state index is 14.8. The highest BCUT2D eigenvalue weighted by molar-refractivity contribution is 6.02. The van der Waals surface area contributed by atoms with Crippen molar-refractivity contribution in [1.29, 1.82) is 0 Å². The third-order valence-corrected chi connectivity index (χ3v) is 9.75. The zero-order valence-electron chi connectivity index (χ0n) is 27.0. The van der Waals surface area contributed by atoms with Crippen molar-refractivity contribution in [3.8, 4) is 51.6 Å². The molecule has 0 fully saturated rings. The lowest BCUT2D eigenvalue weighted by Crippen LogP contribution is -2.39. The fourth-order valence-corrected chi connectivity index (χ4v) is 7.31. The Bertz CT molecular complexity index is 2150. The number of fused-ring (bicyclic) bond motifs is 2. The molecule has 1 aliphatic heterocycles. The Hall–Kier alpha value is -5.61. The van der Waals surface area contributed by atoms with Gasteiger partial charge in [-0.2, -0.15) is 0 Å². The summed E-state index contributed by atoms with van der Waals surface area (Å²) >= 11 is 0. The summed E-state index contributed by atoms with van der Waals surface area (Å²) in [5.41, 5.74) is 1.22. The topological polar surface area (TPSA) is 181 Å². The van der Waals surface area contributed by atoms with Gasteiger partial charge in [-0.3, -0.25) is 4.79 Å². The molecule has 1 aliphatic carbocycles. The number of carbonyl (C=O) groups excluding carboxylic acids is 1. The van der Waals surface area contributed by atoms with Crippen LogP contribution in [0.5, 0.6) is 40.2 Å². The molecule has 0 radical (unpaired) electrons. The number of aromatic hydroxyl groups is 6. The average Bonchev–Trinajstić information content (AvgIpc) is 3.66. The minimum Gasteiger partial charge on any atom is -0.508 e. The molecule has 7 rings (SSSR count). The van der Waals surface area contributed by atoms with Gasteiger partial charge < -0.3 is 44.9 Å². The summed E-state index contributed by atoms with van der Waals surface area (Å²) in [7, 11) is 0. The molecule has 0 bridgehead atoms. The number of benzene rings is 4. The van der Waals surface area contributed by atoms with Gasteiger partial charge in [-0.25, -0.2) is 0 Å². The van der Waals surface area contributed by atoms with Crippen LogP contribution in [0.15, 0.2) is 82.8 Å². The van der Waals surface area contributed by atoms with E-state index in [1.165, 1.54) is 48.5 Å². The second-order valence-electron chi connectivity index (χ2n) is 13.6. The molecule has 0 unspecified atom stereocenters. The minimum atomic E-state index is -1.21. The molecule has 0 amide bonds. The van der Waals surface area contributed by atoms with E-state index >= 15 is 0 Å². The van der Waals surface area contributed by atoms with Crippen LogP contribution in [0.1, 0.15) is 66.1 Å². The molecule has 2 heterocycles. The van der Waals surface area contributed by atoms with Crippen LogP contribution in [0.3, 0.4) is 0 Å². The van der Waals surface area contributed by atoms with E-state index in [2.05, 4.69) is 0 Å². The lowest BCUT2D eigenvalue weighted by atomic mass is 9.65. The predicted molar refractivity (Wildman–Crippen MR) is 181 cm³/mol. The summed E-state index contributed by atoms with van der Waals surface area (Å²) in [5.74, 6) is -3.73. The van der Waals surface area contributed by atoms with Gasteiger partial charge in [0, 0.05) is 58.4 Å². The van der Waals surface area contributed by atoms with Gasteiger partial charge in [0.25, 0.3) is 0 Å². The Morgan fingerprint density at radius 2 is 1.51 bits per heavy atom. The van der Waals surface area contributed by atoms with Crippen molar-refractivity contribution in [2.24, 2.45) is 5.92 Å². The van der Waals surface area contributed by atoms with E-state index in [-0.39, 0.29) is 52.0 Å². The summed E-state index contributed by atoms with van der Waals surface area (Å²) in [6.07, 6.45) is 1.66. The van der Waals surface area contributed by atoms with Crippen molar-refractivity contribution < 1.29 is 49.7 Å². The molecule has 10 heteroatoms. The number of hydrogen-bond donors (Lipinski definition) is 7. The zero-order valence-corrected chi connectivity index (χ0v) is 27.0. The molecule has 2 aliphatic rings. The zero-order chi connectivity index (χ0) is 34.9. The first-order valence-electron chi connectivity index (χ1n) is 16.0. The molecule has 10 nitrogen and oxygen atoms in total. The number of ketones is 1. The van der Waals surface area contributed by atoms with Crippen molar-refractivity contribution in [3.05, 3.63) is 101 Å². The van der Waals surface area contributed by atoms with Crippen molar-refractivity contribution in [1.82, 2.24) is 0 Å². The first-order chi connectivity index (χ1) is 23.2. The van der Waals surface area contributed by atoms with E-state index in [9.17, 15) is 40.5 Å². The molecule has 49 heavy (non-hydrogen) atoms. The summed E-state index contributed by atoms with van der Waals surface area (Å²) < 4.78 is 11.8. The van der Waals surface area contributed by atoms with Gasteiger partial charge in [-0.05, 0) is 81.3 Å². The second kappa shape index (κ2) is 11.5. The summed E-state index contributed by atoms with van der Waals surface area (Å²) in [4.78, 5) is 14.8. The second-order valence-corrected chi connectivity index (χ2v) is 13.6. The summed E-state index contributed by atoms with van der Waals surface area (Å²) in [5, 5.41) is 76.7. The Balaban J connectivity index is 1.35. The summed E-state index contributed by atoms with van der Waals surface area (Å²) in [6, 6.07) is 16.4. The number of hydrogen-bond acceptors (Lipinski definition) is 10. The average molecular weight is 665 g/mol. The number of ether oxygens (including phenoxy) is 1. The molecule has 5 aromatic rings. The van der Waals surface area contributed by atoms with Gasteiger partial charge in [0.1, 0.15) is 57.7 Å². The fourth-order valence-electron chi connectivity index (χ4n) is 7.31. The standard InChI is InChI=1S/C39H36O10/c1-18-10-25(23-7-6-21(40)15-28(23)42)35(38(46)24-8-9-31-26(37(24)45)17-34(49-31)39(2,3)47)27(11-18)36-29(43)12-20(13-30(36)44)32-14-19-4-5-22(41)16-33(19)48-32/h4-9,11-16,25,27,34-35,40-45,47H,10,17H2,1-3H3/t25-,27+,34+,35-/m1/s1. The van der Waals surface area contributed by atoms with Crippen LogP contribution >= 0.6 is 0 Å². The Morgan fingerprint density at radius 3 is 2.20 bits per heavy atom. The molecule has 4 atom stereocenters. The highest BCUT2D eigenvalue weighted by Gasteiger charge is 2.44. The summed E-state index contributed by atoms with van der Waals surface area (Å²) in [6.45, 7) is 5.06. The first kappa shape index (κ1) is 32.0. The Kier molecular flexibility index (Phi) is 7.52. The number of allylic oxidation sites excluding steroid dienone is 2. The minimum absolute atomic E-state index is 0.00825. The molecular weight excluding hydrogens is 628 g/mol. The Morgan fingerprint density at radius 1 is 0.816 bits per heavy atom. The van der Waals surface area contributed by atoms with Crippen LogP contribution in [0, 0.1) is 5.92 Å².